The van der Waals surface area contributed by atoms with Crippen LogP contribution in [0.1, 0.15) is 56.6 Å². The Balaban J connectivity index is 1.91. The number of carbonyl (C=O) groups excluding carboxylic acids is 1. The highest BCUT2D eigenvalue weighted by Crippen LogP contribution is 2.20. The van der Waals surface area contributed by atoms with E-state index in [1.807, 2.05) is 19.1 Å². The summed E-state index contributed by atoms with van der Waals surface area (Å²) in [6.45, 7) is 6.12. The molecular weight excluding hydrogens is 260 g/mol. The molecule has 0 spiro atoms. The molecule has 0 saturated heterocycles. The molecule has 0 radical (unpaired) electrons. The minimum atomic E-state index is -0.200. The third-order valence-electron chi connectivity index (χ3n) is 4.57. The number of hydrogen-bond acceptors (Lipinski definition) is 2. The van der Waals surface area contributed by atoms with E-state index in [1.165, 1.54) is 36.8 Å². The number of amides is 1. The highest BCUT2D eigenvalue weighted by atomic mass is 16.2. The molecule has 1 aliphatic carbocycles. The molecule has 1 aliphatic rings. The van der Waals surface area contributed by atoms with Crippen LogP contribution in [0.4, 0.5) is 5.69 Å². The Labute approximate surface area is 128 Å². The molecule has 21 heavy (non-hydrogen) atoms. The topological polar surface area (TPSA) is 41.1 Å². The van der Waals surface area contributed by atoms with Crippen LogP contribution in [-0.2, 0) is 4.79 Å². The molecule has 116 valence electrons. The van der Waals surface area contributed by atoms with Gasteiger partial charge in [0.25, 0.3) is 0 Å². The van der Waals surface area contributed by atoms with E-state index in [2.05, 4.69) is 30.5 Å². The Hall–Kier alpha value is -1.51. The lowest BCUT2D eigenvalue weighted by atomic mass is 10.1. The molecule has 0 aliphatic heterocycles. The summed E-state index contributed by atoms with van der Waals surface area (Å²) in [6, 6.07) is 6.33. The fourth-order valence-electron chi connectivity index (χ4n) is 2.96. The monoisotopic (exact) mass is 288 g/mol. The van der Waals surface area contributed by atoms with Crippen molar-refractivity contribution in [3.8, 4) is 0 Å². The maximum Gasteiger partial charge on any atom is 0.242 e. The third-order valence-corrected chi connectivity index (χ3v) is 4.57. The van der Waals surface area contributed by atoms with Gasteiger partial charge < -0.3 is 10.6 Å². The van der Waals surface area contributed by atoms with Crippen LogP contribution < -0.4 is 10.6 Å². The van der Waals surface area contributed by atoms with Crippen LogP contribution in [0.5, 0.6) is 0 Å². The number of benzene rings is 1. The number of anilines is 1. The molecular formula is C18H28N2O. The van der Waals surface area contributed by atoms with Gasteiger partial charge in [0.1, 0.15) is 6.04 Å². The van der Waals surface area contributed by atoms with E-state index in [4.69, 9.17) is 0 Å². The molecule has 1 aromatic carbocycles. The number of carbonyl (C=O) groups is 1. The molecule has 1 atom stereocenters. The average Bonchev–Trinajstić information content (AvgIpc) is 2.72. The summed E-state index contributed by atoms with van der Waals surface area (Å²) in [7, 11) is 0. The predicted octanol–water partition coefficient (Wildman–Crippen LogP) is 3.94. The summed E-state index contributed by atoms with van der Waals surface area (Å²) in [4.78, 5) is 12.4. The Bertz CT molecular complexity index is 476. The number of aryl methyl sites for hydroxylation is 1. The zero-order chi connectivity index (χ0) is 15.2. The first-order valence-electron chi connectivity index (χ1n) is 8.21. The average molecular weight is 288 g/mol. The van der Waals surface area contributed by atoms with E-state index in [-0.39, 0.29) is 11.9 Å². The summed E-state index contributed by atoms with van der Waals surface area (Å²) in [5.41, 5.74) is 3.52. The van der Waals surface area contributed by atoms with Crippen molar-refractivity contribution < 1.29 is 4.79 Å². The van der Waals surface area contributed by atoms with Crippen LogP contribution in [0.3, 0.4) is 0 Å². The van der Waals surface area contributed by atoms with Crippen LogP contribution >= 0.6 is 0 Å². The van der Waals surface area contributed by atoms with Gasteiger partial charge in [-0.3, -0.25) is 4.79 Å². The van der Waals surface area contributed by atoms with Crippen molar-refractivity contribution in [2.45, 2.75) is 71.4 Å². The summed E-state index contributed by atoms with van der Waals surface area (Å²) in [5.74, 6) is 0.114. The summed E-state index contributed by atoms with van der Waals surface area (Å²) in [5, 5.41) is 6.56. The van der Waals surface area contributed by atoms with Gasteiger partial charge in [0, 0.05) is 11.7 Å². The highest BCUT2D eigenvalue weighted by molar-refractivity contribution is 5.84. The van der Waals surface area contributed by atoms with Crippen LogP contribution in [0, 0.1) is 13.8 Å². The fraction of sp³-hybridized carbons (Fsp3) is 0.611. The lowest BCUT2D eigenvalue weighted by Crippen LogP contribution is -2.43. The highest BCUT2D eigenvalue weighted by Gasteiger charge is 2.19. The van der Waals surface area contributed by atoms with Crippen LogP contribution in [0.2, 0.25) is 0 Å². The van der Waals surface area contributed by atoms with E-state index in [0.717, 1.165) is 18.5 Å². The molecule has 3 heteroatoms. The lowest BCUT2D eigenvalue weighted by Gasteiger charge is -2.22. The fourth-order valence-corrected chi connectivity index (χ4v) is 2.96. The normalized spacial score (nSPS) is 17.9. The minimum Gasteiger partial charge on any atom is -0.374 e. The second kappa shape index (κ2) is 7.48. The Morgan fingerprint density at radius 3 is 2.48 bits per heavy atom. The first-order valence-corrected chi connectivity index (χ1v) is 8.21. The van der Waals surface area contributed by atoms with Gasteiger partial charge in [0.15, 0.2) is 0 Å². The summed E-state index contributed by atoms with van der Waals surface area (Å²) >= 11 is 0. The molecule has 3 nitrogen and oxygen atoms in total. The van der Waals surface area contributed by atoms with Crippen molar-refractivity contribution >= 4 is 11.6 Å². The summed E-state index contributed by atoms with van der Waals surface area (Å²) in [6.07, 6.45) is 7.35. The van der Waals surface area contributed by atoms with Crippen molar-refractivity contribution in [3.63, 3.8) is 0 Å². The van der Waals surface area contributed by atoms with Gasteiger partial charge in [-0.15, -0.1) is 0 Å². The number of nitrogens with one attached hydrogen (secondary N) is 2. The van der Waals surface area contributed by atoms with Gasteiger partial charge in [-0.25, -0.2) is 0 Å². The molecule has 2 rings (SSSR count). The van der Waals surface area contributed by atoms with Crippen LogP contribution in [-0.4, -0.2) is 18.0 Å². The van der Waals surface area contributed by atoms with Crippen LogP contribution in [0.25, 0.3) is 0 Å². The Morgan fingerprint density at radius 1 is 1.14 bits per heavy atom. The lowest BCUT2D eigenvalue weighted by molar-refractivity contribution is -0.122. The van der Waals surface area contributed by atoms with E-state index >= 15 is 0 Å². The quantitative estimate of drug-likeness (QED) is 0.824. The van der Waals surface area contributed by atoms with Gasteiger partial charge in [0.05, 0.1) is 0 Å². The van der Waals surface area contributed by atoms with Crippen molar-refractivity contribution in [1.82, 2.24) is 5.32 Å². The van der Waals surface area contributed by atoms with Crippen molar-refractivity contribution in [2.24, 2.45) is 0 Å². The van der Waals surface area contributed by atoms with E-state index in [9.17, 15) is 4.79 Å². The van der Waals surface area contributed by atoms with Gasteiger partial charge in [-0.2, -0.15) is 0 Å². The van der Waals surface area contributed by atoms with Crippen molar-refractivity contribution in [1.29, 1.82) is 0 Å². The minimum absolute atomic E-state index is 0.114. The molecule has 1 saturated carbocycles. The van der Waals surface area contributed by atoms with Crippen molar-refractivity contribution in [2.75, 3.05) is 5.32 Å². The first kappa shape index (κ1) is 15.9. The van der Waals surface area contributed by atoms with Gasteiger partial charge in [0.2, 0.25) is 5.91 Å². The SMILES string of the molecule is Cc1cccc(N[C@H](C)C(=O)NC2CCCCCC2)c1C. The second-order valence-electron chi connectivity index (χ2n) is 6.31. The van der Waals surface area contributed by atoms with E-state index < -0.39 is 0 Å². The predicted molar refractivity (Wildman–Crippen MR) is 88.6 cm³/mol. The number of hydrogen-bond donors (Lipinski definition) is 2. The van der Waals surface area contributed by atoms with Crippen molar-refractivity contribution in [3.05, 3.63) is 29.3 Å². The standard InChI is InChI=1S/C18H28N2O/c1-13-9-8-12-17(14(13)2)19-15(3)18(21)20-16-10-6-4-5-7-11-16/h8-9,12,15-16,19H,4-7,10-11H2,1-3H3,(H,20,21)/t15-/m1/s1. The molecule has 2 N–H and O–H groups in total. The Morgan fingerprint density at radius 2 is 1.81 bits per heavy atom. The van der Waals surface area contributed by atoms with E-state index in [0.29, 0.717) is 6.04 Å². The largest absolute Gasteiger partial charge is 0.374 e. The molecule has 1 aromatic rings. The van der Waals surface area contributed by atoms with Gasteiger partial charge in [-0.1, -0.05) is 37.8 Å². The molecule has 0 bridgehead atoms. The molecule has 1 fully saturated rings. The first-order chi connectivity index (χ1) is 10.1. The maximum atomic E-state index is 12.4. The zero-order valence-electron chi connectivity index (χ0n) is 13.5. The summed E-state index contributed by atoms with van der Waals surface area (Å²) < 4.78 is 0. The van der Waals surface area contributed by atoms with E-state index in [1.54, 1.807) is 0 Å². The van der Waals surface area contributed by atoms with Gasteiger partial charge >= 0.3 is 0 Å². The maximum absolute atomic E-state index is 12.4. The molecule has 0 heterocycles. The third kappa shape index (κ3) is 4.48. The second-order valence-corrected chi connectivity index (χ2v) is 6.31. The van der Waals surface area contributed by atoms with Gasteiger partial charge in [-0.05, 0) is 50.8 Å². The Kier molecular flexibility index (Phi) is 5.66. The van der Waals surface area contributed by atoms with Crippen LogP contribution in [0.15, 0.2) is 18.2 Å². The molecule has 1 amide bonds. The molecule has 0 unspecified atom stereocenters. The smallest absolute Gasteiger partial charge is 0.242 e. The molecule has 0 aromatic heterocycles. The zero-order valence-corrected chi connectivity index (χ0v) is 13.5. The number of rotatable bonds is 4.